The zero-order chi connectivity index (χ0) is 16.5. The molecule has 1 saturated heterocycles. The highest BCUT2D eigenvalue weighted by Gasteiger charge is 2.38. The van der Waals surface area contributed by atoms with Crippen LogP contribution in [0.5, 0.6) is 5.75 Å². The first-order valence-electron chi connectivity index (χ1n) is 8.74. The molecule has 0 amide bonds. The number of nitrogens with zero attached hydrogens (tertiary/aromatic N) is 2. The van der Waals surface area contributed by atoms with Crippen LogP contribution in [0.15, 0.2) is 47.6 Å². The Bertz CT molecular complexity index is 712. The second kappa shape index (κ2) is 7.98. The molecule has 1 aliphatic carbocycles. The van der Waals surface area contributed by atoms with Gasteiger partial charge >= 0.3 is 0 Å². The van der Waals surface area contributed by atoms with Gasteiger partial charge in [-0.3, -0.25) is 0 Å². The summed E-state index contributed by atoms with van der Waals surface area (Å²) in [5, 5.41) is 11.3. The van der Waals surface area contributed by atoms with Crippen LogP contribution in [0.4, 0.5) is 0 Å². The molecule has 3 atom stereocenters. The summed E-state index contributed by atoms with van der Waals surface area (Å²) in [5.41, 5.74) is 2.52. The zero-order valence-corrected chi connectivity index (χ0v) is 16.1. The molecule has 1 aromatic heterocycles. The fraction of sp³-hybridized carbons (Fsp3) is 0.450. The molecule has 2 heterocycles. The fourth-order valence-electron chi connectivity index (χ4n) is 4.40. The molecule has 5 heteroatoms. The Kier molecular flexibility index (Phi) is 5.92. The number of halogens is 1. The Morgan fingerprint density at radius 3 is 2.88 bits per heavy atom. The molecule has 4 rings (SSSR count). The molecular weight excluding hydrogens is 352 g/mol. The highest BCUT2D eigenvalue weighted by Crippen LogP contribution is 2.40. The van der Waals surface area contributed by atoms with E-state index in [9.17, 15) is 5.11 Å². The predicted molar refractivity (Wildman–Crippen MR) is 106 cm³/mol. The van der Waals surface area contributed by atoms with Crippen molar-refractivity contribution in [3.8, 4) is 5.75 Å². The number of aromatic nitrogens is 1. The van der Waals surface area contributed by atoms with Crippen LogP contribution in [0.1, 0.15) is 17.5 Å². The molecule has 3 nitrogen and oxygen atoms in total. The first-order valence-corrected chi connectivity index (χ1v) is 9.73. The highest BCUT2D eigenvalue weighted by molar-refractivity contribution is 7.99. The van der Waals surface area contributed by atoms with Gasteiger partial charge in [0, 0.05) is 24.5 Å². The van der Waals surface area contributed by atoms with Gasteiger partial charge in [-0.1, -0.05) is 18.2 Å². The smallest absolute Gasteiger partial charge is 0.119 e. The SMILES string of the molecule is CN1CC(CSc2ccccn2)CC2Cc3c(O)cccc3CC21.Cl. The van der Waals surface area contributed by atoms with E-state index >= 15 is 0 Å². The van der Waals surface area contributed by atoms with E-state index in [0.717, 1.165) is 30.2 Å². The normalized spacial score (nSPS) is 25.6. The van der Waals surface area contributed by atoms with Gasteiger partial charge in [-0.25, -0.2) is 4.98 Å². The zero-order valence-electron chi connectivity index (χ0n) is 14.5. The molecule has 0 saturated carbocycles. The van der Waals surface area contributed by atoms with E-state index in [-0.39, 0.29) is 12.4 Å². The maximum atomic E-state index is 10.2. The second-order valence-corrected chi connectivity index (χ2v) is 8.21. The van der Waals surface area contributed by atoms with E-state index in [0.29, 0.717) is 23.6 Å². The summed E-state index contributed by atoms with van der Waals surface area (Å²) in [7, 11) is 2.27. The van der Waals surface area contributed by atoms with Gasteiger partial charge in [0.25, 0.3) is 0 Å². The van der Waals surface area contributed by atoms with Crippen LogP contribution in [-0.2, 0) is 12.8 Å². The van der Waals surface area contributed by atoms with Crippen molar-refractivity contribution in [3.63, 3.8) is 0 Å². The van der Waals surface area contributed by atoms with Gasteiger partial charge in [0.15, 0.2) is 0 Å². The number of phenolic OH excluding ortho intramolecular Hbond substituents is 1. The molecule has 2 aliphatic rings. The summed E-state index contributed by atoms with van der Waals surface area (Å²) >= 11 is 1.87. The van der Waals surface area contributed by atoms with Gasteiger partial charge in [0.2, 0.25) is 0 Å². The topological polar surface area (TPSA) is 36.4 Å². The average molecular weight is 377 g/mol. The molecule has 1 N–H and O–H groups in total. The number of phenols is 1. The molecule has 2 aromatic rings. The number of hydrogen-bond donors (Lipinski definition) is 1. The number of likely N-dealkylation sites (tertiary alicyclic amines) is 1. The van der Waals surface area contributed by atoms with Crippen LogP contribution in [0, 0.1) is 11.8 Å². The Morgan fingerprint density at radius 2 is 2.08 bits per heavy atom. The molecule has 3 unspecified atom stereocenters. The van der Waals surface area contributed by atoms with Crippen molar-refractivity contribution in [3.05, 3.63) is 53.7 Å². The minimum absolute atomic E-state index is 0. The molecule has 0 spiro atoms. The summed E-state index contributed by atoms with van der Waals surface area (Å²) < 4.78 is 0. The largest absolute Gasteiger partial charge is 0.508 e. The van der Waals surface area contributed by atoms with E-state index in [1.807, 2.05) is 36.2 Å². The molecule has 0 bridgehead atoms. The molecule has 134 valence electrons. The third-order valence-electron chi connectivity index (χ3n) is 5.54. The van der Waals surface area contributed by atoms with Crippen LogP contribution in [-0.4, -0.2) is 40.4 Å². The van der Waals surface area contributed by atoms with Crippen molar-refractivity contribution in [2.75, 3.05) is 19.3 Å². The maximum absolute atomic E-state index is 10.2. The quantitative estimate of drug-likeness (QED) is 0.820. The van der Waals surface area contributed by atoms with Crippen LogP contribution < -0.4 is 0 Å². The van der Waals surface area contributed by atoms with Gasteiger partial charge in [-0.2, -0.15) is 0 Å². The third kappa shape index (κ3) is 3.97. The van der Waals surface area contributed by atoms with Gasteiger partial charge < -0.3 is 10.0 Å². The van der Waals surface area contributed by atoms with Crippen LogP contribution in [0.2, 0.25) is 0 Å². The monoisotopic (exact) mass is 376 g/mol. The summed E-state index contributed by atoms with van der Waals surface area (Å²) in [6.07, 6.45) is 5.21. The number of aromatic hydroxyl groups is 1. The summed E-state index contributed by atoms with van der Waals surface area (Å²) in [4.78, 5) is 6.97. The van der Waals surface area contributed by atoms with E-state index in [1.165, 1.54) is 17.5 Å². The van der Waals surface area contributed by atoms with E-state index in [1.54, 1.807) is 0 Å². The first-order chi connectivity index (χ1) is 11.7. The predicted octanol–water partition coefficient (Wildman–Crippen LogP) is 4.04. The van der Waals surface area contributed by atoms with E-state index in [2.05, 4.69) is 35.1 Å². The number of hydrogen-bond acceptors (Lipinski definition) is 4. The summed E-state index contributed by atoms with van der Waals surface area (Å²) in [5.74, 6) is 2.95. The number of fused-ring (bicyclic) bond motifs is 2. The maximum Gasteiger partial charge on any atom is 0.119 e. The van der Waals surface area contributed by atoms with Crippen LogP contribution >= 0.6 is 24.2 Å². The molecule has 0 radical (unpaired) electrons. The number of likely N-dealkylation sites (N-methyl/N-ethyl adjacent to an activating group) is 1. The van der Waals surface area contributed by atoms with Gasteiger partial charge in [-0.15, -0.1) is 24.2 Å². The Balaban J connectivity index is 0.00000182. The number of benzene rings is 1. The fourth-order valence-corrected chi connectivity index (χ4v) is 5.35. The Labute approximate surface area is 160 Å². The Morgan fingerprint density at radius 1 is 1.20 bits per heavy atom. The van der Waals surface area contributed by atoms with Crippen molar-refractivity contribution in [2.45, 2.75) is 30.3 Å². The lowest BCUT2D eigenvalue weighted by Gasteiger charge is -2.46. The molecule has 1 aromatic carbocycles. The number of rotatable bonds is 3. The standard InChI is InChI=1S/C20H24N2OS.ClH/c1-22-12-14(13-24-20-7-2-3-8-21-20)9-16-10-17-15(11-18(16)22)5-4-6-19(17)23;/h2-8,14,16,18,23H,9-13H2,1H3;1H. The lowest BCUT2D eigenvalue weighted by atomic mass is 9.73. The lowest BCUT2D eigenvalue weighted by Crippen LogP contribution is -2.50. The molecule has 1 fully saturated rings. The van der Waals surface area contributed by atoms with E-state index in [4.69, 9.17) is 0 Å². The van der Waals surface area contributed by atoms with Crippen molar-refractivity contribution >= 4 is 24.2 Å². The van der Waals surface area contributed by atoms with Crippen LogP contribution in [0.25, 0.3) is 0 Å². The van der Waals surface area contributed by atoms with Gasteiger partial charge in [0.05, 0.1) is 5.03 Å². The summed E-state index contributed by atoms with van der Waals surface area (Å²) in [6.45, 7) is 1.16. The number of piperidine rings is 1. The van der Waals surface area contributed by atoms with Crippen LogP contribution in [0.3, 0.4) is 0 Å². The van der Waals surface area contributed by atoms with Crippen molar-refractivity contribution in [2.24, 2.45) is 11.8 Å². The van der Waals surface area contributed by atoms with E-state index < -0.39 is 0 Å². The molecule has 25 heavy (non-hydrogen) atoms. The van der Waals surface area contributed by atoms with Crippen molar-refractivity contribution in [1.29, 1.82) is 0 Å². The second-order valence-electron chi connectivity index (χ2n) is 7.17. The number of pyridine rings is 1. The third-order valence-corrected chi connectivity index (χ3v) is 6.72. The van der Waals surface area contributed by atoms with Crippen molar-refractivity contribution in [1.82, 2.24) is 9.88 Å². The minimum atomic E-state index is 0. The molecule has 1 aliphatic heterocycles. The van der Waals surface area contributed by atoms with Crippen molar-refractivity contribution < 1.29 is 5.11 Å². The van der Waals surface area contributed by atoms with Gasteiger partial charge in [-0.05, 0) is 67.5 Å². The Hall–Kier alpha value is -1.23. The lowest BCUT2D eigenvalue weighted by molar-refractivity contribution is 0.0792. The first kappa shape index (κ1) is 18.6. The average Bonchev–Trinajstić information content (AvgIpc) is 2.60. The molecular formula is C20H25ClN2OS. The minimum Gasteiger partial charge on any atom is -0.508 e. The summed E-state index contributed by atoms with van der Waals surface area (Å²) in [6, 6.07) is 12.7. The highest BCUT2D eigenvalue weighted by atomic mass is 35.5. The number of thioether (sulfide) groups is 1. The van der Waals surface area contributed by atoms with Gasteiger partial charge in [0.1, 0.15) is 5.75 Å².